The van der Waals surface area contributed by atoms with Crippen LogP contribution in [-0.4, -0.2) is 60.0 Å². The molecule has 300 valence electrons. The molecule has 0 aromatic heterocycles. The summed E-state index contributed by atoms with van der Waals surface area (Å²) in [6.45, 7) is 0. The van der Waals surface area contributed by atoms with Crippen molar-refractivity contribution in [1.29, 1.82) is 5.26 Å². The summed E-state index contributed by atoms with van der Waals surface area (Å²) >= 11 is 0. The van der Waals surface area contributed by atoms with E-state index in [0.717, 1.165) is 12.1 Å². The van der Waals surface area contributed by atoms with Gasteiger partial charge < -0.3 is 25.5 Å². The number of non-ortho nitro benzene ring substituents is 3. The predicted octanol–water partition coefficient (Wildman–Crippen LogP) is 6.19. The first-order valence-corrected chi connectivity index (χ1v) is 14.6. The number of aromatic hydroxyl groups is 5. The van der Waals surface area contributed by atoms with E-state index in [0.29, 0.717) is 23.8 Å². The fourth-order valence-corrected chi connectivity index (χ4v) is 3.47. The lowest BCUT2D eigenvalue weighted by atomic mass is 10.2. The van der Waals surface area contributed by atoms with E-state index >= 15 is 0 Å². The molecule has 0 radical (unpaired) electrons. The molecule has 0 aliphatic heterocycles. The molecule has 0 aliphatic rings. The van der Waals surface area contributed by atoms with Crippen LogP contribution in [0, 0.1) is 82.1 Å². The second-order valence-electron chi connectivity index (χ2n) is 9.97. The summed E-state index contributed by atoms with van der Waals surface area (Å²) in [4.78, 5) is 65.5. The van der Waals surface area contributed by atoms with Crippen LogP contribution in [0.1, 0.15) is 5.56 Å². The molecule has 0 saturated heterocycles. The van der Waals surface area contributed by atoms with E-state index < -0.39 is 74.4 Å². The van der Waals surface area contributed by atoms with Crippen LogP contribution in [0.2, 0.25) is 0 Å². The lowest BCUT2D eigenvalue weighted by Gasteiger charge is -1.97. The molecule has 0 saturated carbocycles. The number of benzene rings is 5. The average molecular weight is 811 g/mol. The van der Waals surface area contributed by atoms with Gasteiger partial charge in [-0.25, -0.2) is 0 Å². The molecule has 0 atom stereocenters. The zero-order chi connectivity index (χ0) is 44.3. The molecule has 0 unspecified atom stereocenters. The molecule has 27 nitrogen and oxygen atoms in total. The normalized spacial score (nSPS) is 9.29. The molecule has 58 heavy (non-hydrogen) atoms. The largest absolute Gasteiger partial charge is 0.508 e. The Balaban J connectivity index is 0.000000368. The monoisotopic (exact) mass is 810 g/mol. The van der Waals surface area contributed by atoms with Crippen molar-refractivity contribution >= 4 is 39.8 Å². The van der Waals surface area contributed by atoms with Gasteiger partial charge in [0.1, 0.15) is 11.5 Å². The number of rotatable bonds is 7. The molecule has 27 heteroatoms. The quantitative estimate of drug-likeness (QED) is 0.0902. The molecule has 0 heterocycles. The third-order valence-corrected chi connectivity index (χ3v) is 6.16. The number of phenolic OH excluding ortho intramolecular Hbond substituents is 5. The first-order chi connectivity index (χ1) is 27.1. The Bertz CT molecular complexity index is 2330. The Morgan fingerprint density at radius 3 is 1.12 bits per heavy atom. The van der Waals surface area contributed by atoms with Gasteiger partial charge in [0.15, 0.2) is 11.5 Å². The fourth-order valence-electron chi connectivity index (χ4n) is 3.47. The van der Waals surface area contributed by atoms with Gasteiger partial charge in [0.05, 0.1) is 64.3 Å². The molecule has 0 aliphatic carbocycles. The molecular weight excluding hydrogens is 788 g/mol. The average Bonchev–Trinajstić information content (AvgIpc) is 3.16. The van der Waals surface area contributed by atoms with Gasteiger partial charge in [0.25, 0.3) is 22.8 Å². The summed E-state index contributed by atoms with van der Waals surface area (Å²) in [6.07, 6.45) is 0. The number of para-hydroxylation sites is 2. The van der Waals surface area contributed by atoms with Gasteiger partial charge in [-0.3, -0.25) is 70.8 Å². The van der Waals surface area contributed by atoms with Gasteiger partial charge in [-0.2, -0.15) is 5.26 Å². The zero-order valence-corrected chi connectivity index (χ0v) is 28.3. The van der Waals surface area contributed by atoms with E-state index in [1.165, 1.54) is 60.7 Å². The Hall–Kier alpha value is -9.61. The van der Waals surface area contributed by atoms with Crippen LogP contribution in [0.3, 0.4) is 0 Å². The van der Waals surface area contributed by atoms with Crippen molar-refractivity contribution in [2.45, 2.75) is 0 Å². The number of nitrogens with zero attached hydrogens (tertiary/aromatic N) is 8. The van der Waals surface area contributed by atoms with E-state index in [1.807, 2.05) is 6.07 Å². The van der Waals surface area contributed by atoms with Crippen LogP contribution in [0.15, 0.2) is 103 Å². The van der Waals surface area contributed by atoms with Crippen LogP contribution in [0.25, 0.3) is 0 Å². The number of hydrogen-bond acceptors (Lipinski definition) is 20. The van der Waals surface area contributed by atoms with Crippen LogP contribution >= 0.6 is 0 Å². The highest BCUT2D eigenvalue weighted by Gasteiger charge is 2.30. The minimum atomic E-state index is -1.21. The standard InChI is InChI=1S/C7H5NO.C6H3N3O7.C6H4N2O5.2C6H5NO3/c8-5-6-1-3-7(9)4-2-6;10-6-4(8(13)14)1-3(7(11)12)2-5(6)9(15)16;9-6-2-1-4(7(10)11)3-5(6)8(12)13;8-6-3-1-5(2-4-6)7(9)10;8-6-4-2-1-3-5(6)7(9)10/h1-4,9H;1-2,10H;1-3,9H;2*1-4,8H. The number of nitro groups is 7. The third kappa shape index (κ3) is 14.8. The molecule has 5 N–H and O–H groups in total. The highest BCUT2D eigenvalue weighted by Crippen LogP contribution is 2.39. The number of phenols is 5. The van der Waals surface area contributed by atoms with Crippen molar-refractivity contribution in [2.24, 2.45) is 0 Å². The van der Waals surface area contributed by atoms with Gasteiger partial charge in [-0.15, -0.1) is 0 Å². The van der Waals surface area contributed by atoms with E-state index in [-0.39, 0.29) is 28.6 Å². The number of hydrogen-bond donors (Lipinski definition) is 5. The Morgan fingerprint density at radius 2 is 0.759 bits per heavy atom. The highest BCUT2D eigenvalue weighted by atomic mass is 16.7. The molecule has 0 bridgehead atoms. The zero-order valence-electron chi connectivity index (χ0n) is 28.3. The van der Waals surface area contributed by atoms with Crippen molar-refractivity contribution in [1.82, 2.24) is 0 Å². The van der Waals surface area contributed by atoms with E-state index in [1.54, 1.807) is 12.1 Å². The van der Waals surface area contributed by atoms with Gasteiger partial charge >= 0.3 is 22.7 Å². The van der Waals surface area contributed by atoms with E-state index in [2.05, 4.69) is 0 Å². The summed E-state index contributed by atoms with van der Waals surface area (Å²) in [6, 6.07) is 22.1. The smallest absolute Gasteiger partial charge is 0.324 e. The van der Waals surface area contributed by atoms with Crippen LogP contribution < -0.4 is 0 Å². The molecular formula is C31H22N8O19. The SMILES string of the molecule is N#Cc1ccc(O)cc1.O=[N+]([O-])c1cc([N+](=O)[O-])c(O)c([N+](=O)[O-])c1.O=[N+]([O-])c1ccc(O)c([N+](=O)[O-])c1.O=[N+]([O-])c1ccc(O)cc1.O=[N+]([O-])c1ccccc1O. The second-order valence-corrected chi connectivity index (χ2v) is 9.97. The first kappa shape index (κ1) is 46.4. The van der Waals surface area contributed by atoms with E-state index in [9.17, 15) is 70.8 Å². The lowest BCUT2D eigenvalue weighted by Crippen LogP contribution is -1.97. The van der Waals surface area contributed by atoms with Gasteiger partial charge in [-0.05, 0) is 48.5 Å². The van der Waals surface area contributed by atoms with Gasteiger partial charge in [-0.1, -0.05) is 12.1 Å². The molecule has 0 amide bonds. The predicted molar refractivity (Wildman–Crippen MR) is 192 cm³/mol. The third-order valence-electron chi connectivity index (χ3n) is 6.16. The summed E-state index contributed by atoms with van der Waals surface area (Å²) in [5.41, 5.74) is -3.81. The van der Waals surface area contributed by atoms with Crippen LogP contribution in [0.4, 0.5) is 39.8 Å². The summed E-state index contributed by atoms with van der Waals surface area (Å²) in [7, 11) is 0. The minimum absolute atomic E-state index is 0.0159. The summed E-state index contributed by atoms with van der Waals surface area (Å²) in [5.74, 6) is -1.87. The maximum atomic E-state index is 10.4. The van der Waals surface area contributed by atoms with Crippen molar-refractivity contribution in [2.75, 3.05) is 0 Å². The van der Waals surface area contributed by atoms with Crippen LogP contribution in [0.5, 0.6) is 28.7 Å². The number of nitriles is 1. The maximum absolute atomic E-state index is 10.4. The van der Waals surface area contributed by atoms with Crippen molar-refractivity contribution < 1.29 is 60.0 Å². The summed E-state index contributed by atoms with van der Waals surface area (Å²) in [5, 5.41) is 124. The van der Waals surface area contributed by atoms with Crippen LogP contribution in [-0.2, 0) is 0 Å². The van der Waals surface area contributed by atoms with Crippen molar-refractivity contribution in [3.8, 4) is 34.8 Å². The topological polar surface area (TPSA) is 427 Å². The molecule has 0 fully saturated rings. The van der Waals surface area contributed by atoms with Crippen molar-refractivity contribution in [3.63, 3.8) is 0 Å². The Morgan fingerprint density at radius 1 is 0.397 bits per heavy atom. The highest BCUT2D eigenvalue weighted by molar-refractivity contribution is 5.64. The molecule has 5 aromatic carbocycles. The van der Waals surface area contributed by atoms with Gasteiger partial charge in [0, 0.05) is 24.3 Å². The molecule has 5 aromatic rings. The Kier molecular flexibility index (Phi) is 17.4. The van der Waals surface area contributed by atoms with E-state index in [4.69, 9.17) is 30.8 Å². The lowest BCUT2D eigenvalue weighted by molar-refractivity contribution is -0.404. The maximum Gasteiger partial charge on any atom is 0.324 e. The molecule has 0 spiro atoms. The van der Waals surface area contributed by atoms with Gasteiger partial charge in [0.2, 0.25) is 0 Å². The van der Waals surface area contributed by atoms with Crippen molar-refractivity contribution in [3.05, 3.63) is 179 Å². The first-order valence-electron chi connectivity index (χ1n) is 14.6. The Labute approximate surface area is 319 Å². The molecule has 5 rings (SSSR count). The minimum Gasteiger partial charge on any atom is -0.508 e. The second kappa shape index (κ2) is 21.8. The summed E-state index contributed by atoms with van der Waals surface area (Å²) < 4.78 is 0. The number of nitro benzene ring substituents is 7. The fraction of sp³-hybridized carbons (Fsp3) is 0.